The number of benzene rings is 1. The lowest BCUT2D eigenvalue weighted by Gasteiger charge is -2.10. The van der Waals surface area contributed by atoms with Gasteiger partial charge in [-0.2, -0.15) is 0 Å². The molecule has 0 fully saturated rings. The molecule has 0 radical (unpaired) electrons. The van der Waals surface area contributed by atoms with Crippen molar-refractivity contribution in [1.82, 2.24) is 9.97 Å². The van der Waals surface area contributed by atoms with Crippen molar-refractivity contribution in [1.29, 1.82) is 0 Å². The summed E-state index contributed by atoms with van der Waals surface area (Å²) in [4.78, 5) is 8.32. The van der Waals surface area contributed by atoms with Gasteiger partial charge in [-0.25, -0.2) is 4.98 Å². The van der Waals surface area contributed by atoms with E-state index in [0.717, 1.165) is 10.9 Å². The van der Waals surface area contributed by atoms with Gasteiger partial charge in [-0.1, -0.05) is 0 Å². The SMILES string of the molecule is COc1cc(Oc2ccc(N)c3ncccc23)ccn1. The van der Waals surface area contributed by atoms with Crippen LogP contribution in [0.25, 0.3) is 10.9 Å². The molecule has 5 nitrogen and oxygen atoms in total. The predicted molar refractivity (Wildman–Crippen MR) is 77.0 cm³/mol. The molecule has 0 spiro atoms. The maximum absolute atomic E-state index is 5.92. The van der Waals surface area contributed by atoms with E-state index < -0.39 is 0 Å². The van der Waals surface area contributed by atoms with Crippen LogP contribution in [0.4, 0.5) is 5.69 Å². The molecule has 0 unspecified atom stereocenters. The van der Waals surface area contributed by atoms with Crippen molar-refractivity contribution in [3.05, 3.63) is 48.8 Å². The number of hydrogen-bond donors (Lipinski definition) is 1. The van der Waals surface area contributed by atoms with E-state index in [2.05, 4.69) is 9.97 Å². The molecule has 2 aromatic heterocycles. The highest BCUT2D eigenvalue weighted by Gasteiger charge is 2.07. The number of pyridine rings is 2. The van der Waals surface area contributed by atoms with Gasteiger partial charge in [0, 0.05) is 23.8 Å². The number of nitrogen functional groups attached to an aromatic ring is 1. The van der Waals surface area contributed by atoms with E-state index in [1.165, 1.54) is 0 Å². The Balaban J connectivity index is 2.04. The number of ether oxygens (including phenoxy) is 2. The molecule has 0 bridgehead atoms. The van der Waals surface area contributed by atoms with Crippen LogP contribution in [0.3, 0.4) is 0 Å². The van der Waals surface area contributed by atoms with Crippen molar-refractivity contribution in [3.63, 3.8) is 0 Å². The molecule has 2 N–H and O–H groups in total. The minimum absolute atomic E-state index is 0.500. The number of methoxy groups -OCH3 is 1. The summed E-state index contributed by atoms with van der Waals surface area (Å²) in [5.74, 6) is 1.84. The number of fused-ring (bicyclic) bond motifs is 1. The lowest BCUT2D eigenvalue weighted by Crippen LogP contribution is -1.93. The standard InChI is InChI=1S/C15H13N3O2/c1-19-14-9-10(6-8-17-14)20-13-5-4-12(16)15-11(13)3-2-7-18-15/h2-9H,16H2,1H3. The van der Waals surface area contributed by atoms with E-state index in [4.69, 9.17) is 15.2 Å². The van der Waals surface area contributed by atoms with Crippen molar-refractivity contribution in [2.75, 3.05) is 12.8 Å². The number of nitrogens with zero attached hydrogens (tertiary/aromatic N) is 2. The highest BCUT2D eigenvalue weighted by atomic mass is 16.5. The minimum Gasteiger partial charge on any atom is -0.481 e. The molecule has 100 valence electrons. The quantitative estimate of drug-likeness (QED) is 0.739. The summed E-state index contributed by atoms with van der Waals surface area (Å²) in [5, 5.41) is 0.864. The monoisotopic (exact) mass is 267 g/mol. The molecule has 1 aromatic carbocycles. The van der Waals surface area contributed by atoms with E-state index in [0.29, 0.717) is 23.1 Å². The number of hydrogen-bond acceptors (Lipinski definition) is 5. The Hall–Kier alpha value is -2.82. The normalized spacial score (nSPS) is 10.4. The first kappa shape index (κ1) is 12.2. The van der Waals surface area contributed by atoms with E-state index in [-0.39, 0.29) is 0 Å². The molecule has 0 saturated carbocycles. The number of aromatic nitrogens is 2. The molecule has 0 aliphatic rings. The summed E-state index contributed by atoms with van der Waals surface area (Å²) in [6.07, 6.45) is 3.34. The molecular weight excluding hydrogens is 254 g/mol. The second-order valence-corrected chi connectivity index (χ2v) is 4.19. The lowest BCUT2D eigenvalue weighted by atomic mass is 10.2. The summed E-state index contributed by atoms with van der Waals surface area (Å²) in [5.41, 5.74) is 7.27. The van der Waals surface area contributed by atoms with E-state index in [1.807, 2.05) is 18.2 Å². The van der Waals surface area contributed by atoms with Crippen LogP contribution in [0.15, 0.2) is 48.8 Å². The van der Waals surface area contributed by atoms with Crippen LogP contribution in [-0.2, 0) is 0 Å². The summed E-state index contributed by atoms with van der Waals surface area (Å²) < 4.78 is 10.9. The van der Waals surface area contributed by atoms with Crippen LogP contribution in [0.2, 0.25) is 0 Å². The van der Waals surface area contributed by atoms with Gasteiger partial charge in [0.15, 0.2) is 0 Å². The van der Waals surface area contributed by atoms with Crippen LogP contribution in [0.1, 0.15) is 0 Å². The molecule has 0 amide bonds. The molecule has 0 aliphatic carbocycles. The number of nitrogens with two attached hydrogens (primary N) is 1. The molecule has 20 heavy (non-hydrogen) atoms. The average molecular weight is 267 g/mol. The van der Waals surface area contributed by atoms with Crippen LogP contribution in [0.5, 0.6) is 17.4 Å². The summed E-state index contributed by atoms with van der Waals surface area (Å²) in [6, 6.07) is 10.9. The highest BCUT2D eigenvalue weighted by Crippen LogP contribution is 2.32. The predicted octanol–water partition coefficient (Wildman–Crippen LogP) is 3.01. The molecule has 3 rings (SSSR count). The molecular formula is C15H13N3O2. The zero-order chi connectivity index (χ0) is 13.9. The van der Waals surface area contributed by atoms with Gasteiger partial charge in [-0.3, -0.25) is 4.98 Å². The molecule has 2 heterocycles. The summed E-state index contributed by atoms with van der Waals surface area (Å²) >= 11 is 0. The van der Waals surface area contributed by atoms with E-state index >= 15 is 0 Å². The third-order valence-electron chi connectivity index (χ3n) is 2.90. The van der Waals surface area contributed by atoms with Crippen LogP contribution in [-0.4, -0.2) is 17.1 Å². The zero-order valence-electron chi connectivity index (χ0n) is 10.9. The fourth-order valence-electron chi connectivity index (χ4n) is 1.95. The van der Waals surface area contributed by atoms with Crippen molar-refractivity contribution in [3.8, 4) is 17.4 Å². The maximum Gasteiger partial charge on any atom is 0.216 e. The first-order chi connectivity index (χ1) is 9.78. The fraction of sp³-hybridized carbons (Fsp3) is 0.0667. The van der Waals surface area contributed by atoms with Crippen molar-refractivity contribution in [2.24, 2.45) is 0 Å². The summed E-state index contributed by atoms with van der Waals surface area (Å²) in [6.45, 7) is 0. The number of rotatable bonds is 3. The minimum atomic E-state index is 0.500. The molecule has 0 aliphatic heterocycles. The van der Waals surface area contributed by atoms with Gasteiger partial charge in [0.2, 0.25) is 5.88 Å². The van der Waals surface area contributed by atoms with E-state index in [1.54, 1.807) is 37.7 Å². The fourth-order valence-corrected chi connectivity index (χ4v) is 1.95. The summed E-state index contributed by atoms with van der Waals surface area (Å²) in [7, 11) is 1.56. The first-order valence-corrected chi connectivity index (χ1v) is 6.09. The zero-order valence-corrected chi connectivity index (χ0v) is 10.9. The van der Waals surface area contributed by atoms with Gasteiger partial charge in [-0.15, -0.1) is 0 Å². The van der Waals surface area contributed by atoms with Crippen molar-refractivity contribution in [2.45, 2.75) is 0 Å². The number of anilines is 1. The van der Waals surface area contributed by atoms with Crippen LogP contribution < -0.4 is 15.2 Å². The first-order valence-electron chi connectivity index (χ1n) is 6.09. The Kier molecular flexibility index (Phi) is 3.09. The van der Waals surface area contributed by atoms with Crippen molar-refractivity contribution < 1.29 is 9.47 Å². The van der Waals surface area contributed by atoms with Gasteiger partial charge in [0.25, 0.3) is 0 Å². The maximum atomic E-state index is 5.92. The van der Waals surface area contributed by atoms with Gasteiger partial charge in [0.05, 0.1) is 18.3 Å². The van der Waals surface area contributed by atoms with Crippen LogP contribution in [0, 0.1) is 0 Å². The lowest BCUT2D eigenvalue weighted by molar-refractivity contribution is 0.392. The molecule has 0 atom stereocenters. The van der Waals surface area contributed by atoms with E-state index in [9.17, 15) is 0 Å². The van der Waals surface area contributed by atoms with Crippen molar-refractivity contribution >= 4 is 16.6 Å². The second kappa shape index (κ2) is 5.05. The van der Waals surface area contributed by atoms with Crippen LogP contribution >= 0.6 is 0 Å². The Labute approximate surface area is 116 Å². The van der Waals surface area contributed by atoms with Gasteiger partial charge < -0.3 is 15.2 Å². The topological polar surface area (TPSA) is 70.3 Å². The largest absolute Gasteiger partial charge is 0.481 e. The Morgan fingerprint density at radius 1 is 1.05 bits per heavy atom. The second-order valence-electron chi connectivity index (χ2n) is 4.19. The average Bonchev–Trinajstić information content (AvgIpc) is 2.51. The Morgan fingerprint density at radius 2 is 1.95 bits per heavy atom. The molecule has 0 saturated heterocycles. The Bertz CT molecular complexity index is 759. The smallest absolute Gasteiger partial charge is 0.216 e. The third-order valence-corrected chi connectivity index (χ3v) is 2.90. The Morgan fingerprint density at radius 3 is 2.80 bits per heavy atom. The van der Waals surface area contributed by atoms with Gasteiger partial charge >= 0.3 is 0 Å². The highest BCUT2D eigenvalue weighted by molar-refractivity contribution is 5.93. The van der Waals surface area contributed by atoms with Gasteiger partial charge in [-0.05, 0) is 30.3 Å². The van der Waals surface area contributed by atoms with Gasteiger partial charge in [0.1, 0.15) is 11.5 Å². The third kappa shape index (κ3) is 2.21. The molecule has 3 aromatic rings. The molecule has 5 heteroatoms.